The van der Waals surface area contributed by atoms with Crippen LogP contribution >= 0.6 is 0 Å². The molecular formula is C24H23FO6S. The second-order valence-electron chi connectivity index (χ2n) is 7.90. The van der Waals surface area contributed by atoms with Gasteiger partial charge in [-0.15, -0.1) is 0 Å². The number of hydrogen-bond donors (Lipinski definition) is 1. The van der Waals surface area contributed by atoms with E-state index < -0.39 is 39.9 Å². The second-order valence-corrected chi connectivity index (χ2v) is 9.47. The predicted octanol–water partition coefficient (Wildman–Crippen LogP) is 4.87. The summed E-state index contributed by atoms with van der Waals surface area (Å²) in [6.07, 6.45) is 3.29. The number of rotatable bonds is 7. The molecule has 0 aromatic heterocycles. The molecule has 0 amide bonds. The van der Waals surface area contributed by atoms with Crippen molar-refractivity contribution in [2.24, 2.45) is 0 Å². The van der Waals surface area contributed by atoms with Crippen LogP contribution in [0.3, 0.4) is 0 Å². The molecule has 0 bridgehead atoms. The minimum Gasteiger partial charge on any atom is -0.479 e. The van der Waals surface area contributed by atoms with Crippen molar-refractivity contribution >= 4 is 26.9 Å². The first-order valence-corrected chi connectivity index (χ1v) is 12.0. The topological polar surface area (TPSA) is 89.9 Å². The fourth-order valence-corrected chi connectivity index (χ4v) is 4.53. The Hall–Kier alpha value is -2.97. The highest BCUT2D eigenvalue weighted by atomic mass is 32.2. The maximum absolute atomic E-state index is 14.7. The molecule has 0 unspecified atom stereocenters. The SMILES string of the molecule is O=C(OCCS(=O)(=O)O)c1ccc(F)c(OC2(c3cccc4ccccc34)CCCC2)c1. The Morgan fingerprint density at radius 2 is 1.75 bits per heavy atom. The first-order chi connectivity index (χ1) is 15.3. The van der Waals surface area contributed by atoms with Gasteiger partial charge in [0.2, 0.25) is 0 Å². The van der Waals surface area contributed by atoms with Gasteiger partial charge in [0.15, 0.2) is 11.6 Å². The van der Waals surface area contributed by atoms with E-state index in [1.165, 1.54) is 12.1 Å². The summed E-state index contributed by atoms with van der Waals surface area (Å²) in [5, 5.41) is 2.11. The largest absolute Gasteiger partial charge is 0.479 e. The number of hydrogen-bond acceptors (Lipinski definition) is 5. The summed E-state index contributed by atoms with van der Waals surface area (Å²) in [5.74, 6) is -2.22. The minimum atomic E-state index is -4.25. The highest BCUT2D eigenvalue weighted by Crippen LogP contribution is 2.45. The van der Waals surface area contributed by atoms with Crippen molar-refractivity contribution in [3.05, 3.63) is 77.6 Å². The lowest BCUT2D eigenvalue weighted by molar-refractivity contribution is 0.0521. The van der Waals surface area contributed by atoms with E-state index in [2.05, 4.69) is 0 Å². The summed E-state index contributed by atoms with van der Waals surface area (Å²) in [4.78, 5) is 12.3. The lowest BCUT2D eigenvalue weighted by Crippen LogP contribution is -2.30. The summed E-state index contributed by atoms with van der Waals surface area (Å²) in [6.45, 7) is -0.509. The molecule has 4 rings (SSSR count). The monoisotopic (exact) mass is 458 g/mol. The zero-order valence-corrected chi connectivity index (χ0v) is 18.1. The lowest BCUT2D eigenvalue weighted by Gasteiger charge is -2.32. The molecular weight excluding hydrogens is 435 g/mol. The molecule has 0 saturated heterocycles. The molecule has 0 aliphatic heterocycles. The van der Waals surface area contributed by atoms with Crippen molar-refractivity contribution in [2.75, 3.05) is 12.4 Å². The van der Waals surface area contributed by atoms with E-state index in [1.54, 1.807) is 0 Å². The third-order valence-corrected chi connectivity index (χ3v) is 6.42. The zero-order valence-electron chi connectivity index (χ0n) is 17.3. The van der Waals surface area contributed by atoms with E-state index in [0.717, 1.165) is 35.2 Å². The van der Waals surface area contributed by atoms with Crippen LogP contribution in [0, 0.1) is 5.82 Å². The smallest absolute Gasteiger partial charge is 0.338 e. The second kappa shape index (κ2) is 8.88. The van der Waals surface area contributed by atoms with Crippen LogP contribution in [0.5, 0.6) is 5.75 Å². The van der Waals surface area contributed by atoms with Gasteiger partial charge < -0.3 is 9.47 Å². The van der Waals surface area contributed by atoms with Gasteiger partial charge in [0, 0.05) is 5.56 Å². The maximum atomic E-state index is 14.7. The quantitative estimate of drug-likeness (QED) is 0.401. The Labute approximate surface area is 185 Å². The van der Waals surface area contributed by atoms with E-state index in [0.29, 0.717) is 12.8 Å². The summed E-state index contributed by atoms with van der Waals surface area (Å²) in [6, 6.07) is 17.6. The number of ether oxygens (including phenoxy) is 2. The molecule has 32 heavy (non-hydrogen) atoms. The minimum absolute atomic E-state index is 0.0304. The van der Waals surface area contributed by atoms with Gasteiger partial charge >= 0.3 is 5.97 Å². The zero-order chi connectivity index (χ0) is 22.8. The van der Waals surface area contributed by atoms with Gasteiger partial charge in [-0.1, -0.05) is 42.5 Å². The van der Waals surface area contributed by atoms with Gasteiger partial charge in [-0.3, -0.25) is 4.55 Å². The van der Waals surface area contributed by atoms with Gasteiger partial charge in [0.05, 0.1) is 5.56 Å². The van der Waals surface area contributed by atoms with Crippen molar-refractivity contribution in [1.29, 1.82) is 0 Å². The van der Waals surface area contributed by atoms with E-state index in [1.807, 2.05) is 42.5 Å². The van der Waals surface area contributed by atoms with Crippen molar-refractivity contribution in [3.8, 4) is 5.75 Å². The third-order valence-electron chi connectivity index (χ3n) is 5.74. The molecule has 1 saturated carbocycles. The van der Waals surface area contributed by atoms with Gasteiger partial charge in [-0.2, -0.15) is 8.42 Å². The number of benzene rings is 3. The molecule has 1 aliphatic carbocycles. The molecule has 6 nitrogen and oxygen atoms in total. The molecule has 3 aromatic carbocycles. The Balaban J connectivity index is 1.64. The van der Waals surface area contributed by atoms with Gasteiger partial charge in [-0.05, 0) is 54.7 Å². The van der Waals surface area contributed by atoms with Crippen molar-refractivity contribution in [3.63, 3.8) is 0 Å². The molecule has 0 heterocycles. The normalized spacial score (nSPS) is 15.6. The van der Waals surface area contributed by atoms with Crippen LogP contribution in [-0.2, 0) is 20.5 Å². The van der Waals surface area contributed by atoms with Crippen molar-refractivity contribution in [2.45, 2.75) is 31.3 Å². The molecule has 1 aliphatic rings. The summed E-state index contributed by atoms with van der Waals surface area (Å²) in [7, 11) is -4.25. The average molecular weight is 459 g/mol. The van der Waals surface area contributed by atoms with E-state index in [4.69, 9.17) is 14.0 Å². The fraction of sp³-hybridized carbons (Fsp3) is 0.292. The molecule has 8 heteroatoms. The van der Waals surface area contributed by atoms with Crippen LogP contribution < -0.4 is 4.74 Å². The van der Waals surface area contributed by atoms with Crippen LogP contribution in [0.2, 0.25) is 0 Å². The molecule has 0 spiro atoms. The number of esters is 1. The Bertz CT molecular complexity index is 1240. The standard InChI is InChI=1S/C24H23FO6S/c25-21-11-10-18(23(26)30-14-15-32(27,28)29)16-22(21)31-24(12-3-4-13-24)20-9-5-7-17-6-1-2-8-19(17)20/h1-2,5-11,16H,3-4,12-15H2,(H,27,28,29). The Kier molecular flexibility index (Phi) is 6.17. The average Bonchev–Trinajstić information content (AvgIpc) is 3.23. The molecule has 168 valence electrons. The molecule has 1 N–H and O–H groups in total. The summed E-state index contributed by atoms with van der Waals surface area (Å²) in [5.41, 5.74) is 0.284. The van der Waals surface area contributed by atoms with Crippen LogP contribution in [0.25, 0.3) is 10.8 Å². The number of fused-ring (bicyclic) bond motifs is 1. The Morgan fingerprint density at radius 3 is 2.50 bits per heavy atom. The first-order valence-electron chi connectivity index (χ1n) is 10.4. The summed E-state index contributed by atoms with van der Waals surface area (Å²) < 4.78 is 56.3. The maximum Gasteiger partial charge on any atom is 0.338 e. The van der Waals surface area contributed by atoms with E-state index in [-0.39, 0.29) is 11.3 Å². The number of halogens is 1. The van der Waals surface area contributed by atoms with E-state index >= 15 is 0 Å². The van der Waals surface area contributed by atoms with Crippen LogP contribution in [0.15, 0.2) is 60.7 Å². The van der Waals surface area contributed by atoms with Crippen molar-refractivity contribution in [1.82, 2.24) is 0 Å². The molecule has 0 radical (unpaired) electrons. The van der Waals surface area contributed by atoms with Gasteiger partial charge in [0.1, 0.15) is 18.0 Å². The van der Waals surface area contributed by atoms with Gasteiger partial charge in [-0.25, -0.2) is 9.18 Å². The molecule has 1 fully saturated rings. The van der Waals surface area contributed by atoms with Gasteiger partial charge in [0.25, 0.3) is 10.1 Å². The van der Waals surface area contributed by atoms with Crippen LogP contribution in [0.1, 0.15) is 41.6 Å². The molecule has 0 atom stereocenters. The third kappa shape index (κ3) is 4.76. The van der Waals surface area contributed by atoms with Crippen LogP contribution in [0.4, 0.5) is 4.39 Å². The first kappa shape index (κ1) is 22.2. The highest BCUT2D eigenvalue weighted by Gasteiger charge is 2.39. The lowest BCUT2D eigenvalue weighted by atomic mass is 9.87. The fourth-order valence-electron chi connectivity index (χ4n) is 4.24. The predicted molar refractivity (Wildman–Crippen MR) is 118 cm³/mol. The van der Waals surface area contributed by atoms with Crippen molar-refractivity contribution < 1.29 is 31.6 Å². The number of carbonyl (C=O) groups is 1. The van der Waals surface area contributed by atoms with Crippen LogP contribution in [-0.4, -0.2) is 31.3 Å². The molecule has 3 aromatic rings. The summed E-state index contributed by atoms with van der Waals surface area (Å²) >= 11 is 0. The van der Waals surface area contributed by atoms with E-state index in [9.17, 15) is 17.6 Å². The highest BCUT2D eigenvalue weighted by molar-refractivity contribution is 7.85. The number of carbonyl (C=O) groups excluding carboxylic acids is 1. The Morgan fingerprint density at radius 1 is 1.03 bits per heavy atom.